The van der Waals surface area contributed by atoms with Crippen LogP contribution in [0.3, 0.4) is 0 Å². The standard InChI is InChI=1S/C15H12OTe/c1-2-6-12(7-3-1)17-15-10-11-16-14-9-5-4-8-13(14)15/h1-10H,11H2. The first-order valence-electron chi connectivity index (χ1n) is 5.59. The van der Waals surface area contributed by atoms with Gasteiger partial charge in [0.25, 0.3) is 0 Å². The van der Waals surface area contributed by atoms with Crippen molar-refractivity contribution in [3.05, 3.63) is 66.2 Å². The first kappa shape index (κ1) is 10.9. The zero-order valence-electron chi connectivity index (χ0n) is 9.30. The van der Waals surface area contributed by atoms with E-state index in [0.29, 0.717) is 6.61 Å². The summed E-state index contributed by atoms with van der Waals surface area (Å²) in [7, 11) is 0. The molecule has 0 fully saturated rings. The van der Waals surface area contributed by atoms with Gasteiger partial charge in [0.1, 0.15) is 0 Å². The Hall–Kier alpha value is -1.23. The first-order chi connectivity index (χ1) is 8.43. The van der Waals surface area contributed by atoms with E-state index in [1.807, 2.05) is 6.07 Å². The van der Waals surface area contributed by atoms with Crippen molar-refractivity contribution >= 4 is 28.2 Å². The summed E-state index contributed by atoms with van der Waals surface area (Å²) in [5.74, 6) is 1.03. The third-order valence-electron chi connectivity index (χ3n) is 2.63. The van der Waals surface area contributed by atoms with Crippen LogP contribution in [0.25, 0.3) is 3.62 Å². The molecule has 2 aromatic rings. The monoisotopic (exact) mass is 338 g/mol. The molecule has 0 aliphatic carbocycles. The summed E-state index contributed by atoms with van der Waals surface area (Å²) in [4.78, 5) is 0. The number of rotatable bonds is 2. The first-order valence-corrected chi connectivity index (χ1v) is 7.92. The second kappa shape index (κ2) is 4.96. The van der Waals surface area contributed by atoms with E-state index in [4.69, 9.17) is 4.74 Å². The topological polar surface area (TPSA) is 9.23 Å². The number of benzene rings is 2. The van der Waals surface area contributed by atoms with Gasteiger partial charge in [-0.1, -0.05) is 0 Å². The minimum atomic E-state index is -0.298. The van der Waals surface area contributed by atoms with Crippen molar-refractivity contribution in [2.24, 2.45) is 0 Å². The van der Waals surface area contributed by atoms with Gasteiger partial charge in [-0.3, -0.25) is 0 Å². The maximum atomic E-state index is 5.64. The zero-order chi connectivity index (χ0) is 11.5. The van der Waals surface area contributed by atoms with Gasteiger partial charge in [0.05, 0.1) is 0 Å². The Morgan fingerprint density at radius 1 is 0.882 bits per heavy atom. The van der Waals surface area contributed by atoms with Crippen molar-refractivity contribution < 1.29 is 4.74 Å². The molecule has 1 nitrogen and oxygen atoms in total. The fraction of sp³-hybridized carbons (Fsp3) is 0.0667. The van der Waals surface area contributed by atoms with Crippen molar-refractivity contribution in [2.75, 3.05) is 6.61 Å². The van der Waals surface area contributed by atoms with E-state index in [1.165, 1.54) is 12.8 Å². The fourth-order valence-corrected chi connectivity index (χ4v) is 4.61. The zero-order valence-corrected chi connectivity index (χ0v) is 11.6. The predicted octanol–water partition coefficient (Wildman–Crippen LogP) is 2.45. The van der Waals surface area contributed by atoms with Crippen LogP contribution in [-0.2, 0) is 0 Å². The molecule has 0 spiro atoms. The van der Waals surface area contributed by atoms with Crippen LogP contribution in [-0.4, -0.2) is 27.5 Å². The van der Waals surface area contributed by atoms with Crippen LogP contribution in [0, 0.1) is 0 Å². The Kier molecular flexibility index (Phi) is 3.18. The normalized spacial score (nSPS) is 13.5. The molecule has 0 saturated carbocycles. The van der Waals surface area contributed by atoms with E-state index in [-0.39, 0.29) is 20.9 Å². The van der Waals surface area contributed by atoms with Gasteiger partial charge in [0.15, 0.2) is 0 Å². The second-order valence-electron chi connectivity index (χ2n) is 3.79. The summed E-state index contributed by atoms with van der Waals surface area (Å²) >= 11 is -0.298. The Labute approximate surface area is 111 Å². The number of hydrogen-bond donors (Lipinski definition) is 0. The van der Waals surface area contributed by atoms with Gasteiger partial charge in [0, 0.05) is 0 Å². The van der Waals surface area contributed by atoms with E-state index in [0.717, 1.165) is 5.75 Å². The fourth-order valence-electron chi connectivity index (χ4n) is 1.83. The summed E-state index contributed by atoms with van der Waals surface area (Å²) < 4.78 is 8.60. The third kappa shape index (κ3) is 2.39. The van der Waals surface area contributed by atoms with Crippen LogP contribution in [0.2, 0.25) is 0 Å². The maximum absolute atomic E-state index is 5.64. The average Bonchev–Trinajstić information content (AvgIpc) is 2.40. The predicted molar refractivity (Wildman–Crippen MR) is 71.7 cm³/mol. The third-order valence-corrected chi connectivity index (χ3v) is 5.81. The van der Waals surface area contributed by atoms with Crippen molar-refractivity contribution in [2.45, 2.75) is 0 Å². The van der Waals surface area contributed by atoms with Crippen molar-refractivity contribution in [1.29, 1.82) is 0 Å². The molecule has 0 saturated heterocycles. The molecule has 1 aliphatic heterocycles. The van der Waals surface area contributed by atoms with Gasteiger partial charge >= 0.3 is 111 Å². The Bertz CT molecular complexity index is 546. The Morgan fingerprint density at radius 2 is 1.65 bits per heavy atom. The van der Waals surface area contributed by atoms with Gasteiger partial charge in [-0.05, 0) is 0 Å². The molecule has 17 heavy (non-hydrogen) atoms. The van der Waals surface area contributed by atoms with E-state index in [2.05, 4.69) is 54.6 Å². The molecule has 0 amide bonds. The van der Waals surface area contributed by atoms with Crippen molar-refractivity contribution in [3.63, 3.8) is 0 Å². The molecule has 0 radical (unpaired) electrons. The number of fused-ring (bicyclic) bond motifs is 1. The van der Waals surface area contributed by atoms with Gasteiger partial charge in [-0.25, -0.2) is 0 Å². The molecular formula is C15H12OTe. The number of hydrogen-bond acceptors (Lipinski definition) is 1. The van der Waals surface area contributed by atoms with Crippen LogP contribution in [0.15, 0.2) is 60.7 Å². The van der Waals surface area contributed by atoms with Crippen molar-refractivity contribution in [1.82, 2.24) is 0 Å². The number of para-hydroxylation sites is 1. The van der Waals surface area contributed by atoms with Crippen LogP contribution in [0.4, 0.5) is 0 Å². The van der Waals surface area contributed by atoms with E-state index in [1.54, 1.807) is 0 Å². The molecular weight excluding hydrogens is 324 g/mol. The molecule has 84 valence electrons. The SMILES string of the molecule is C1=C([Te]c2ccccc2)c2ccccc2OC1. The van der Waals surface area contributed by atoms with E-state index in [9.17, 15) is 0 Å². The van der Waals surface area contributed by atoms with Crippen LogP contribution >= 0.6 is 0 Å². The Morgan fingerprint density at radius 3 is 2.53 bits per heavy atom. The van der Waals surface area contributed by atoms with Crippen LogP contribution in [0.5, 0.6) is 5.75 Å². The molecule has 2 aromatic carbocycles. The van der Waals surface area contributed by atoms with Gasteiger partial charge in [0.2, 0.25) is 0 Å². The summed E-state index contributed by atoms with van der Waals surface area (Å²) in [5.41, 5.74) is 1.28. The van der Waals surface area contributed by atoms with Crippen LogP contribution in [0.1, 0.15) is 5.56 Å². The van der Waals surface area contributed by atoms with Gasteiger partial charge < -0.3 is 0 Å². The van der Waals surface area contributed by atoms with Gasteiger partial charge in [-0.2, -0.15) is 0 Å². The summed E-state index contributed by atoms with van der Waals surface area (Å²) in [5, 5.41) is 0. The van der Waals surface area contributed by atoms with E-state index < -0.39 is 0 Å². The minimum absolute atomic E-state index is 0.298. The summed E-state index contributed by atoms with van der Waals surface area (Å²) in [6.07, 6.45) is 2.23. The molecule has 0 aromatic heterocycles. The summed E-state index contributed by atoms with van der Waals surface area (Å²) in [6.45, 7) is 0.712. The van der Waals surface area contributed by atoms with Crippen molar-refractivity contribution in [3.8, 4) is 5.75 Å². The second-order valence-corrected chi connectivity index (χ2v) is 6.97. The van der Waals surface area contributed by atoms with E-state index >= 15 is 0 Å². The average molecular weight is 336 g/mol. The Balaban J connectivity index is 1.92. The molecule has 1 heterocycles. The van der Waals surface area contributed by atoms with Crippen LogP contribution < -0.4 is 8.35 Å². The molecule has 2 heteroatoms. The quantitative estimate of drug-likeness (QED) is 0.766. The van der Waals surface area contributed by atoms with Gasteiger partial charge in [-0.15, -0.1) is 0 Å². The molecule has 1 aliphatic rings. The summed E-state index contributed by atoms with van der Waals surface area (Å²) in [6, 6.07) is 19.1. The molecule has 0 atom stereocenters. The molecule has 0 bridgehead atoms. The molecule has 3 rings (SSSR count). The number of ether oxygens (including phenoxy) is 1. The molecule has 0 unspecified atom stereocenters. The molecule has 0 N–H and O–H groups in total.